The molecule has 28 heavy (non-hydrogen) atoms. The molecule has 4 rings (SSSR count). The average molecular weight is 402 g/mol. The Hall–Kier alpha value is -2.03. The van der Waals surface area contributed by atoms with Gasteiger partial charge in [0.2, 0.25) is 0 Å². The van der Waals surface area contributed by atoms with Gasteiger partial charge in [-0.15, -0.1) is 11.3 Å². The van der Waals surface area contributed by atoms with E-state index in [9.17, 15) is 4.79 Å². The number of hydrogen-bond donors (Lipinski definition) is 0. The van der Waals surface area contributed by atoms with Gasteiger partial charge in [-0.25, -0.2) is 9.97 Å². The van der Waals surface area contributed by atoms with Crippen LogP contribution in [0.3, 0.4) is 0 Å². The first-order valence-corrected chi connectivity index (χ1v) is 10.8. The fourth-order valence-corrected chi connectivity index (χ4v) is 4.42. The minimum Gasteiger partial charge on any atom is -0.378 e. The highest BCUT2D eigenvalue weighted by Crippen LogP contribution is 2.21. The number of carbonyl (C=O) groups is 1. The van der Waals surface area contributed by atoms with Gasteiger partial charge >= 0.3 is 0 Å². The van der Waals surface area contributed by atoms with Gasteiger partial charge in [-0.3, -0.25) is 9.69 Å². The Kier molecular flexibility index (Phi) is 6.19. The summed E-state index contributed by atoms with van der Waals surface area (Å²) in [5, 5.41) is 3.34. The normalized spacial score (nSPS) is 18.5. The number of ether oxygens (including phenoxy) is 1. The molecule has 0 radical (unpaired) electrons. The lowest BCUT2D eigenvalue weighted by Crippen LogP contribution is -2.48. The number of aryl methyl sites for hydroxylation is 1. The first-order chi connectivity index (χ1) is 13.7. The van der Waals surface area contributed by atoms with Crippen molar-refractivity contribution in [2.75, 3.05) is 57.4 Å². The highest BCUT2D eigenvalue weighted by Gasteiger charge is 2.26. The molecule has 0 bridgehead atoms. The largest absolute Gasteiger partial charge is 0.378 e. The molecule has 2 aromatic heterocycles. The van der Waals surface area contributed by atoms with Gasteiger partial charge in [0.1, 0.15) is 5.82 Å². The zero-order valence-corrected chi connectivity index (χ0v) is 17.2. The second-order valence-corrected chi connectivity index (χ2v) is 8.07. The molecule has 2 aliphatic rings. The van der Waals surface area contributed by atoms with E-state index in [1.165, 1.54) is 5.01 Å². The average Bonchev–Trinajstić information content (AvgIpc) is 3.22. The molecule has 0 atom stereocenters. The van der Waals surface area contributed by atoms with E-state index in [4.69, 9.17) is 4.74 Å². The second kappa shape index (κ2) is 8.98. The highest BCUT2D eigenvalue weighted by molar-refractivity contribution is 7.09. The van der Waals surface area contributed by atoms with Crippen LogP contribution < -0.4 is 4.90 Å². The fourth-order valence-electron chi connectivity index (χ4n) is 3.68. The molecular weight excluding hydrogens is 374 g/mol. The summed E-state index contributed by atoms with van der Waals surface area (Å²) in [6.45, 7) is 9.13. The smallest absolute Gasteiger partial charge is 0.257 e. The zero-order chi connectivity index (χ0) is 19.3. The molecule has 0 saturated carbocycles. The number of amides is 1. The van der Waals surface area contributed by atoms with Crippen molar-refractivity contribution in [3.8, 4) is 0 Å². The van der Waals surface area contributed by atoms with Crippen LogP contribution in [0.5, 0.6) is 0 Å². The van der Waals surface area contributed by atoms with Crippen LogP contribution in [0.25, 0.3) is 0 Å². The van der Waals surface area contributed by atoms with Crippen molar-refractivity contribution in [2.24, 2.45) is 0 Å². The summed E-state index contributed by atoms with van der Waals surface area (Å²) in [6.07, 6.45) is 2.75. The summed E-state index contributed by atoms with van der Waals surface area (Å²) in [7, 11) is 0. The maximum absolute atomic E-state index is 13.2. The van der Waals surface area contributed by atoms with Crippen LogP contribution in [0.4, 0.5) is 5.82 Å². The molecule has 2 fully saturated rings. The van der Waals surface area contributed by atoms with Crippen LogP contribution in [0, 0.1) is 0 Å². The van der Waals surface area contributed by atoms with Crippen molar-refractivity contribution in [1.29, 1.82) is 0 Å². The van der Waals surface area contributed by atoms with Gasteiger partial charge in [-0.05, 0) is 18.6 Å². The van der Waals surface area contributed by atoms with Crippen LogP contribution in [0.2, 0.25) is 0 Å². The van der Waals surface area contributed by atoms with Gasteiger partial charge in [-0.1, -0.05) is 6.92 Å². The first-order valence-electron chi connectivity index (χ1n) is 9.97. The molecule has 1 amide bonds. The lowest BCUT2D eigenvalue weighted by molar-refractivity contribution is 0.0626. The molecule has 0 aromatic carbocycles. The molecule has 7 nitrogen and oxygen atoms in total. The van der Waals surface area contributed by atoms with Crippen molar-refractivity contribution >= 4 is 23.1 Å². The first kappa shape index (κ1) is 19.3. The van der Waals surface area contributed by atoms with Crippen LogP contribution in [-0.4, -0.2) is 78.2 Å². The third-order valence-corrected chi connectivity index (χ3v) is 6.32. The molecule has 0 spiro atoms. The van der Waals surface area contributed by atoms with E-state index in [1.54, 1.807) is 17.5 Å². The zero-order valence-electron chi connectivity index (χ0n) is 16.3. The number of nitrogens with zero attached hydrogens (tertiary/aromatic N) is 5. The number of pyridine rings is 1. The van der Waals surface area contributed by atoms with E-state index in [-0.39, 0.29) is 5.91 Å². The van der Waals surface area contributed by atoms with E-state index in [1.807, 2.05) is 17.0 Å². The monoisotopic (exact) mass is 401 g/mol. The number of thiazole rings is 1. The molecule has 150 valence electrons. The maximum Gasteiger partial charge on any atom is 0.257 e. The van der Waals surface area contributed by atoms with E-state index < -0.39 is 0 Å². The molecule has 2 saturated heterocycles. The Labute approximate surface area is 169 Å². The fraction of sp³-hybridized carbons (Fsp3) is 0.550. The third kappa shape index (κ3) is 4.34. The van der Waals surface area contributed by atoms with Gasteiger partial charge < -0.3 is 14.5 Å². The topological polar surface area (TPSA) is 61.8 Å². The molecule has 2 aromatic rings. The van der Waals surface area contributed by atoms with Crippen molar-refractivity contribution in [2.45, 2.75) is 19.9 Å². The molecule has 2 aliphatic heterocycles. The van der Waals surface area contributed by atoms with Gasteiger partial charge in [-0.2, -0.15) is 0 Å². The third-order valence-electron chi connectivity index (χ3n) is 5.27. The predicted molar refractivity (Wildman–Crippen MR) is 110 cm³/mol. The second-order valence-electron chi connectivity index (χ2n) is 7.13. The molecular formula is C20H27N5O2S. The summed E-state index contributed by atoms with van der Waals surface area (Å²) in [5.74, 6) is 0.865. The number of aromatic nitrogens is 2. The Morgan fingerprint density at radius 3 is 2.68 bits per heavy atom. The number of piperazine rings is 1. The summed E-state index contributed by atoms with van der Waals surface area (Å²) in [4.78, 5) is 28.8. The van der Waals surface area contributed by atoms with E-state index in [0.717, 1.165) is 63.7 Å². The van der Waals surface area contributed by atoms with Crippen LogP contribution in [0.1, 0.15) is 28.0 Å². The van der Waals surface area contributed by atoms with Gasteiger partial charge in [0.05, 0.1) is 29.5 Å². The van der Waals surface area contributed by atoms with Crippen molar-refractivity contribution in [1.82, 2.24) is 19.8 Å². The minimum absolute atomic E-state index is 0.0798. The van der Waals surface area contributed by atoms with E-state index >= 15 is 0 Å². The van der Waals surface area contributed by atoms with Crippen molar-refractivity contribution in [3.05, 3.63) is 40.0 Å². The van der Waals surface area contributed by atoms with Crippen molar-refractivity contribution in [3.63, 3.8) is 0 Å². The van der Waals surface area contributed by atoms with E-state index in [2.05, 4.69) is 32.1 Å². The standard InChI is InChI=1S/C20H27N5O2S/c1-2-18-22-16(15-28-18)14-23-6-8-25(9-7-23)20(26)17-4-3-5-21-19(17)24-10-12-27-13-11-24/h3-5,15H,2,6-14H2,1H3. The predicted octanol–water partition coefficient (Wildman–Crippen LogP) is 1.90. The molecule has 0 aliphatic carbocycles. The number of carbonyl (C=O) groups excluding carboxylic acids is 1. The number of anilines is 1. The van der Waals surface area contributed by atoms with Gasteiger partial charge in [0.25, 0.3) is 5.91 Å². The Morgan fingerprint density at radius 2 is 1.96 bits per heavy atom. The molecule has 0 N–H and O–H groups in total. The quantitative estimate of drug-likeness (QED) is 0.763. The lowest BCUT2D eigenvalue weighted by atomic mass is 10.1. The highest BCUT2D eigenvalue weighted by atomic mass is 32.1. The lowest BCUT2D eigenvalue weighted by Gasteiger charge is -2.35. The molecule has 8 heteroatoms. The van der Waals surface area contributed by atoms with Crippen LogP contribution in [-0.2, 0) is 17.7 Å². The number of hydrogen-bond acceptors (Lipinski definition) is 7. The number of rotatable bonds is 5. The summed E-state index contributed by atoms with van der Waals surface area (Å²) >= 11 is 1.73. The SMILES string of the molecule is CCc1nc(CN2CCN(C(=O)c3cccnc3N3CCOCC3)CC2)cs1. The summed E-state index contributed by atoms with van der Waals surface area (Å²) in [6, 6.07) is 3.75. The van der Waals surface area contributed by atoms with Crippen LogP contribution in [0.15, 0.2) is 23.7 Å². The van der Waals surface area contributed by atoms with Crippen molar-refractivity contribution < 1.29 is 9.53 Å². The summed E-state index contributed by atoms with van der Waals surface area (Å²) in [5.41, 5.74) is 1.84. The van der Waals surface area contributed by atoms with Crippen LogP contribution >= 0.6 is 11.3 Å². The molecule has 0 unspecified atom stereocenters. The van der Waals surface area contributed by atoms with Gasteiger partial charge in [0, 0.05) is 57.4 Å². The Balaban J connectivity index is 1.37. The number of morpholine rings is 1. The van der Waals surface area contributed by atoms with E-state index in [0.29, 0.717) is 18.8 Å². The van der Waals surface area contributed by atoms with Gasteiger partial charge in [0.15, 0.2) is 0 Å². The molecule has 4 heterocycles. The maximum atomic E-state index is 13.2. The Bertz CT molecular complexity index is 797. The minimum atomic E-state index is 0.0798. The Morgan fingerprint density at radius 1 is 1.18 bits per heavy atom. The summed E-state index contributed by atoms with van der Waals surface area (Å²) < 4.78 is 5.43.